The summed E-state index contributed by atoms with van der Waals surface area (Å²) >= 11 is 0. The van der Waals surface area contributed by atoms with Gasteiger partial charge in [-0.05, 0) is 31.6 Å². The molecule has 1 nitrogen and oxygen atoms in total. The second-order valence-electron chi connectivity index (χ2n) is 3.99. The highest BCUT2D eigenvalue weighted by molar-refractivity contribution is 5.85. The maximum Gasteiger partial charge on any atom is 0.140 e. The Kier molecular flexibility index (Phi) is 1.50. The van der Waals surface area contributed by atoms with Crippen LogP contribution in [0.5, 0.6) is 0 Å². The van der Waals surface area contributed by atoms with Gasteiger partial charge in [0.05, 0.1) is 5.41 Å². The highest BCUT2D eigenvalue weighted by Crippen LogP contribution is 2.53. The molecule has 0 N–H and O–H groups in total. The molecule has 3 atom stereocenters. The summed E-state index contributed by atoms with van der Waals surface area (Å²) in [4.78, 5) is 11.5. The topological polar surface area (TPSA) is 17.1 Å². The van der Waals surface area contributed by atoms with Gasteiger partial charge < -0.3 is 0 Å². The van der Waals surface area contributed by atoms with Gasteiger partial charge in [-0.2, -0.15) is 0 Å². The fraction of sp³-hybridized carbons (Fsp3) is 0.545. The van der Waals surface area contributed by atoms with Crippen molar-refractivity contribution < 1.29 is 4.79 Å². The molecule has 0 aromatic carbocycles. The van der Waals surface area contributed by atoms with Gasteiger partial charge in [-0.15, -0.1) is 6.58 Å². The van der Waals surface area contributed by atoms with E-state index in [2.05, 4.69) is 18.7 Å². The molecule has 0 aliphatic heterocycles. The van der Waals surface area contributed by atoms with Gasteiger partial charge in [0.2, 0.25) is 0 Å². The maximum absolute atomic E-state index is 11.5. The van der Waals surface area contributed by atoms with Gasteiger partial charge >= 0.3 is 0 Å². The van der Waals surface area contributed by atoms with Gasteiger partial charge in [0.25, 0.3) is 0 Å². The molecule has 2 aliphatic carbocycles. The van der Waals surface area contributed by atoms with Gasteiger partial charge in [-0.3, -0.25) is 4.79 Å². The van der Waals surface area contributed by atoms with Gasteiger partial charge in [0.1, 0.15) is 5.78 Å². The van der Waals surface area contributed by atoms with Crippen LogP contribution in [0.4, 0.5) is 0 Å². The van der Waals surface area contributed by atoms with Crippen LogP contribution in [0, 0.1) is 17.3 Å². The third-order valence-electron chi connectivity index (χ3n) is 3.45. The van der Waals surface area contributed by atoms with Crippen molar-refractivity contribution in [2.75, 3.05) is 0 Å². The van der Waals surface area contributed by atoms with E-state index in [9.17, 15) is 4.79 Å². The highest BCUT2D eigenvalue weighted by Gasteiger charge is 2.49. The van der Waals surface area contributed by atoms with Gasteiger partial charge in [0.15, 0.2) is 0 Å². The fourth-order valence-corrected chi connectivity index (χ4v) is 2.68. The molecule has 0 spiro atoms. The molecule has 12 heavy (non-hydrogen) atoms. The number of allylic oxidation sites excluding steroid dienone is 3. The zero-order chi connectivity index (χ0) is 8.77. The van der Waals surface area contributed by atoms with E-state index in [1.807, 2.05) is 6.08 Å². The van der Waals surface area contributed by atoms with Crippen LogP contribution in [0.3, 0.4) is 0 Å². The van der Waals surface area contributed by atoms with Crippen LogP contribution in [-0.4, -0.2) is 5.78 Å². The molecule has 1 heteroatoms. The second kappa shape index (κ2) is 2.32. The Balaban J connectivity index is 2.38. The summed E-state index contributed by atoms with van der Waals surface area (Å²) in [6.45, 7) is 5.49. The molecule has 64 valence electrons. The number of ketones is 1. The monoisotopic (exact) mass is 162 g/mol. The van der Waals surface area contributed by atoms with Crippen LogP contribution >= 0.6 is 0 Å². The molecule has 1 saturated carbocycles. The summed E-state index contributed by atoms with van der Waals surface area (Å²) in [6.07, 6.45) is 8.45. The number of rotatable bonds is 2. The Morgan fingerprint density at radius 3 is 2.67 bits per heavy atom. The average Bonchev–Trinajstić information content (AvgIpc) is 2.62. The minimum absolute atomic E-state index is 0.209. The summed E-state index contributed by atoms with van der Waals surface area (Å²) < 4.78 is 0. The molecule has 0 saturated heterocycles. The number of carbonyl (C=O) groups is 1. The van der Waals surface area contributed by atoms with Crippen LogP contribution in [0.25, 0.3) is 0 Å². The van der Waals surface area contributed by atoms with E-state index in [4.69, 9.17) is 0 Å². The van der Waals surface area contributed by atoms with Crippen molar-refractivity contribution in [3.63, 3.8) is 0 Å². The van der Waals surface area contributed by atoms with Crippen molar-refractivity contribution in [3.8, 4) is 0 Å². The normalized spacial score (nSPS) is 43.4. The van der Waals surface area contributed by atoms with Crippen molar-refractivity contribution in [2.24, 2.45) is 17.3 Å². The third-order valence-corrected chi connectivity index (χ3v) is 3.45. The molecular formula is C11H14O. The number of fused-ring (bicyclic) bond motifs is 2. The van der Waals surface area contributed by atoms with Crippen molar-refractivity contribution in [1.29, 1.82) is 0 Å². The van der Waals surface area contributed by atoms with Crippen LogP contribution in [0.1, 0.15) is 19.8 Å². The van der Waals surface area contributed by atoms with E-state index in [0.29, 0.717) is 11.8 Å². The van der Waals surface area contributed by atoms with Crippen molar-refractivity contribution in [2.45, 2.75) is 19.8 Å². The molecule has 2 bridgehead atoms. The number of hydrogen-bond acceptors (Lipinski definition) is 1. The Labute approximate surface area is 73.2 Å². The summed E-state index contributed by atoms with van der Waals surface area (Å²) in [7, 11) is 0. The molecule has 2 aliphatic rings. The first-order valence-corrected chi connectivity index (χ1v) is 4.52. The van der Waals surface area contributed by atoms with Gasteiger partial charge in [-0.1, -0.05) is 18.2 Å². The molecule has 0 heterocycles. The standard InChI is InChI=1S/C11H14O/c1-3-11(8(2)12)7-9-4-5-10(11)6-9/h3-5,9-10H,1,6-7H2,2H3/t9-,10+,11+/m1/s1. The molecule has 0 radical (unpaired) electrons. The van der Waals surface area contributed by atoms with Crippen molar-refractivity contribution >= 4 is 5.78 Å². The molecule has 0 aromatic heterocycles. The van der Waals surface area contributed by atoms with Gasteiger partial charge in [0, 0.05) is 0 Å². The summed E-state index contributed by atoms with van der Waals surface area (Å²) in [5.74, 6) is 1.36. The lowest BCUT2D eigenvalue weighted by molar-refractivity contribution is -0.125. The number of hydrogen-bond donors (Lipinski definition) is 0. The molecule has 0 aromatic rings. The SMILES string of the molecule is C=C[C@@]1(C(C)=O)C[C@@H]2C=C[C@H]1C2. The maximum atomic E-state index is 11.5. The molecule has 0 amide bonds. The lowest BCUT2D eigenvalue weighted by Gasteiger charge is -2.29. The van der Waals surface area contributed by atoms with Crippen LogP contribution in [0.15, 0.2) is 24.8 Å². The highest BCUT2D eigenvalue weighted by atomic mass is 16.1. The first kappa shape index (κ1) is 7.78. The summed E-state index contributed by atoms with van der Waals surface area (Å²) in [5.41, 5.74) is -0.209. The van der Waals surface area contributed by atoms with Crippen molar-refractivity contribution in [1.82, 2.24) is 0 Å². The first-order valence-electron chi connectivity index (χ1n) is 4.52. The second-order valence-corrected chi connectivity index (χ2v) is 3.99. The smallest absolute Gasteiger partial charge is 0.140 e. The van der Waals surface area contributed by atoms with Crippen molar-refractivity contribution in [3.05, 3.63) is 24.8 Å². The van der Waals surface area contributed by atoms with Crippen LogP contribution in [-0.2, 0) is 4.79 Å². The van der Waals surface area contributed by atoms with E-state index >= 15 is 0 Å². The van der Waals surface area contributed by atoms with E-state index in [1.165, 1.54) is 0 Å². The number of Topliss-reactive ketones (excluding diaryl/α,β-unsaturated/α-hetero) is 1. The molecule has 1 fully saturated rings. The molecular weight excluding hydrogens is 148 g/mol. The zero-order valence-electron chi connectivity index (χ0n) is 7.42. The van der Waals surface area contributed by atoms with E-state index < -0.39 is 0 Å². The fourth-order valence-electron chi connectivity index (χ4n) is 2.68. The van der Waals surface area contributed by atoms with E-state index in [0.717, 1.165) is 12.8 Å². The van der Waals surface area contributed by atoms with E-state index in [1.54, 1.807) is 6.92 Å². The first-order chi connectivity index (χ1) is 5.69. The Bertz CT molecular complexity index is 264. The summed E-state index contributed by atoms with van der Waals surface area (Å²) in [6, 6.07) is 0. The minimum atomic E-state index is -0.209. The quantitative estimate of drug-likeness (QED) is 0.569. The Morgan fingerprint density at radius 1 is 1.67 bits per heavy atom. The largest absolute Gasteiger partial charge is 0.299 e. The Morgan fingerprint density at radius 2 is 2.42 bits per heavy atom. The molecule has 2 rings (SSSR count). The predicted molar refractivity (Wildman–Crippen MR) is 48.7 cm³/mol. The summed E-state index contributed by atoms with van der Waals surface area (Å²) in [5, 5.41) is 0. The van der Waals surface area contributed by atoms with Crippen LogP contribution in [0.2, 0.25) is 0 Å². The average molecular weight is 162 g/mol. The lowest BCUT2D eigenvalue weighted by atomic mass is 9.73. The predicted octanol–water partition coefficient (Wildman–Crippen LogP) is 2.34. The minimum Gasteiger partial charge on any atom is -0.299 e. The van der Waals surface area contributed by atoms with Crippen LogP contribution < -0.4 is 0 Å². The molecule has 0 unspecified atom stereocenters. The number of carbonyl (C=O) groups excluding carboxylic acids is 1. The Hall–Kier alpha value is -0.850. The zero-order valence-corrected chi connectivity index (χ0v) is 7.42. The lowest BCUT2D eigenvalue weighted by Crippen LogP contribution is -2.30. The van der Waals surface area contributed by atoms with Gasteiger partial charge in [-0.25, -0.2) is 0 Å². The third kappa shape index (κ3) is 0.767. The van der Waals surface area contributed by atoms with E-state index in [-0.39, 0.29) is 11.2 Å².